The lowest BCUT2D eigenvalue weighted by molar-refractivity contribution is -0.0216. The molecule has 0 bridgehead atoms. The van der Waals surface area contributed by atoms with Crippen LogP contribution in [0.1, 0.15) is 36.3 Å². The zero-order valence-corrected chi connectivity index (χ0v) is 19.4. The Kier molecular flexibility index (Phi) is 5.89. The molecule has 0 radical (unpaired) electrons. The SMILES string of the molecule is Fc1cc(F)c(OCc2ccccc2)c(C2CCN([C@@H]3COC4(C3)CN(c3nnco3)C4)CC2)c1. The van der Waals surface area contributed by atoms with E-state index in [0.29, 0.717) is 24.2 Å². The van der Waals surface area contributed by atoms with E-state index in [1.54, 1.807) is 0 Å². The number of nitrogens with zero attached hydrogens (tertiary/aromatic N) is 4. The zero-order chi connectivity index (χ0) is 23.8. The van der Waals surface area contributed by atoms with Gasteiger partial charge in [-0.05, 0) is 49.9 Å². The standard InChI is InChI=1S/C26H28F2N4O3/c27-20-10-22(24(23(28)11-20)33-13-18-4-2-1-3-5-18)19-6-8-31(9-7-19)21-12-26(35-14-21)15-32(16-26)25-30-29-17-34-25/h1-5,10-11,17,19,21H,6-9,12-16H2/t21-/m0/s1. The maximum absolute atomic E-state index is 14.7. The highest BCUT2D eigenvalue weighted by molar-refractivity contribution is 5.39. The third kappa shape index (κ3) is 4.50. The van der Waals surface area contributed by atoms with Gasteiger partial charge in [0.25, 0.3) is 0 Å². The highest BCUT2D eigenvalue weighted by atomic mass is 19.1. The minimum atomic E-state index is -0.639. The highest BCUT2D eigenvalue weighted by Gasteiger charge is 2.52. The Labute approximate surface area is 202 Å². The first-order valence-corrected chi connectivity index (χ1v) is 12.1. The van der Waals surface area contributed by atoms with Gasteiger partial charge in [0.2, 0.25) is 6.39 Å². The van der Waals surface area contributed by atoms with Gasteiger partial charge < -0.3 is 18.8 Å². The number of aromatic nitrogens is 2. The predicted octanol–water partition coefficient (Wildman–Crippen LogP) is 4.15. The maximum Gasteiger partial charge on any atom is 0.318 e. The molecule has 3 aromatic rings. The fourth-order valence-electron chi connectivity index (χ4n) is 5.71. The molecule has 0 aliphatic carbocycles. The molecule has 1 atom stereocenters. The van der Waals surface area contributed by atoms with Crippen LogP contribution in [0.15, 0.2) is 53.3 Å². The summed E-state index contributed by atoms with van der Waals surface area (Å²) < 4.78 is 46.3. The Bertz CT molecular complexity index is 1150. The van der Waals surface area contributed by atoms with Crippen LogP contribution < -0.4 is 9.64 Å². The number of hydrogen-bond donors (Lipinski definition) is 0. The highest BCUT2D eigenvalue weighted by Crippen LogP contribution is 2.41. The molecule has 6 rings (SSSR count). The van der Waals surface area contributed by atoms with E-state index in [-0.39, 0.29) is 23.9 Å². The second kappa shape index (κ2) is 9.20. The minimum Gasteiger partial charge on any atom is -0.486 e. The van der Waals surface area contributed by atoms with Crippen molar-refractivity contribution in [2.75, 3.05) is 37.7 Å². The number of likely N-dealkylation sites (tertiary alicyclic amines) is 1. The van der Waals surface area contributed by atoms with Crippen LogP contribution in [-0.4, -0.2) is 59.5 Å². The molecule has 7 nitrogen and oxygen atoms in total. The molecule has 2 aromatic carbocycles. The molecule has 0 N–H and O–H groups in total. The summed E-state index contributed by atoms with van der Waals surface area (Å²) in [5.74, 6) is -0.975. The summed E-state index contributed by atoms with van der Waals surface area (Å²) in [5, 5.41) is 7.71. The van der Waals surface area contributed by atoms with Gasteiger partial charge in [0, 0.05) is 17.7 Å². The molecule has 3 aliphatic heterocycles. The van der Waals surface area contributed by atoms with Crippen LogP contribution in [0.5, 0.6) is 5.75 Å². The van der Waals surface area contributed by atoms with E-state index in [1.165, 1.54) is 12.5 Å². The van der Waals surface area contributed by atoms with Crippen molar-refractivity contribution >= 4 is 6.01 Å². The smallest absolute Gasteiger partial charge is 0.318 e. The largest absolute Gasteiger partial charge is 0.486 e. The molecular formula is C26H28F2N4O3. The predicted molar refractivity (Wildman–Crippen MR) is 124 cm³/mol. The van der Waals surface area contributed by atoms with Crippen LogP contribution in [0.3, 0.4) is 0 Å². The van der Waals surface area contributed by atoms with E-state index in [0.717, 1.165) is 57.1 Å². The third-order valence-electron chi connectivity index (χ3n) is 7.52. The average Bonchev–Trinajstić information content (AvgIpc) is 3.54. The molecule has 1 aromatic heterocycles. The molecule has 3 saturated heterocycles. The molecule has 9 heteroatoms. The molecule has 3 aliphatic rings. The normalized spacial score (nSPS) is 22.5. The van der Waals surface area contributed by atoms with E-state index in [1.807, 2.05) is 35.2 Å². The van der Waals surface area contributed by atoms with Crippen LogP contribution in [0.4, 0.5) is 14.8 Å². The number of ether oxygens (including phenoxy) is 2. The average molecular weight is 483 g/mol. The maximum atomic E-state index is 14.7. The Morgan fingerprint density at radius 3 is 2.63 bits per heavy atom. The molecular weight excluding hydrogens is 454 g/mol. The Hall–Kier alpha value is -3.04. The molecule has 3 fully saturated rings. The molecule has 1 spiro atoms. The van der Waals surface area contributed by atoms with Gasteiger partial charge in [-0.2, -0.15) is 0 Å². The fraction of sp³-hybridized carbons (Fsp3) is 0.462. The van der Waals surface area contributed by atoms with E-state index < -0.39 is 11.6 Å². The van der Waals surface area contributed by atoms with Gasteiger partial charge >= 0.3 is 6.01 Å². The second-order valence-corrected chi connectivity index (χ2v) is 9.82. The van der Waals surface area contributed by atoms with Gasteiger partial charge in [-0.3, -0.25) is 4.90 Å². The van der Waals surface area contributed by atoms with Crippen LogP contribution in [0.2, 0.25) is 0 Å². The lowest BCUT2D eigenvalue weighted by atomic mass is 9.86. The lowest BCUT2D eigenvalue weighted by Gasteiger charge is -2.46. The van der Waals surface area contributed by atoms with Gasteiger partial charge in [0.15, 0.2) is 11.6 Å². The Balaban J connectivity index is 1.07. The van der Waals surface area contributed by atoms with Crippen molar-refractivity contribution in [3.8, 4) is 5.75 Å². The number of rotatable bonds is 6. The summed E-state index contributed by atoms with van der Waals surface area (Å²) in [5.41, 5.74) is 1.42. The van der Waals surface area contributed by atoms with Gasteiger partial charge in [0.1, 0.15) is 18.0 Å². The molecule has 184 valence electrons. The summed E-state index contributed by atoms with van der Waals surface area (Å²) in [7, 11) is 0. The lowest BCUT2D eigenvalue weighted by Crippen LogP contribution is -2.62. The molecule has 35 heavy (non-hydrogen) atoms. The van der Waals surface area contributed by atoms with Crippen LogP contribution >= 0.6 is 0 Å². The summed E-state index contributed by atoms with van der Waals surface area (Å²) in [6.07, 6.45) is 3.94. The van der Waals surface area contributed by atoms with Gasteiger partial charge in [-0.1, -0.05) is 35.4 Å². The second-order valence-electron chi connectivity index (χ2n) is 9.82. The van der Waals surface area contributed by atoms with Crippen LogP contribution in [-0.2, 0) is 11.3 Å². The van der Waals surface area contributed by atoms with Crippen molar-refractivity contribution in [3.05, 3.63) is 71.6 Å². The van der Waals surface area contributed by atoms with E-state index in [4.69, 9.17) is 13.9 Å². The summed E-state index contributed by atoms with van der Waals surface area (Å²) in [4.78, 5) is 4.50. The number of halogens is 2. The molecule has 0 unspecified atom stereocenters. The number of hydrogen-bond acceptors (Lipinski definition) is 7. The van der Waals surface area contributed by atoms with Crippen molar-refractivity contribution in [2.24, 2.45) is 0 Å². The van der Waals surface area contributed by atoms with Crippen LogP contribution in [0.25, 0.3) is 0 Å². The third-order valence-corrected chi connectivity index (χ3v) is 7.52. The Morgan fingerprint density at radius 1 is 1.09 bits per heavy atom. The number of piperidine rings is 1. The first-order chi connectivity index (χ1) is 17.1. The molecule has 0 saturated carbocycles. The van der Waals surface area contributed by atoms with Crippen molar-refractivity contribution < 1.29 is 22.7 Å². The fourth-order valence-corrected chi connectivity index (χ4v) is 5.71. The van der Waals surface area contributed by atoms with Gasteiger partial charge in [-0.15, -0.1) is 5.10 Å². The first-order valence-electron chi connectivity index (χ1n) is 12.1. The van der Waals surface area contributed by atoms with Crippen molar-refractivity contribution in [1.82, 2.24) is 15.1 Å². The summed E-state index contributed by atoms with van der Waals surface area (Å²) >= 11 is 0. The Morgan fingerprint density at radius 2 is 1.89 bits per heavy atom. The molecule has 4 heterocycles. The summed E-state index contributed by atoms with van der Waals surface area (Å²) in [6.45, 7) is 4.18. The molecule has 0 amide bonds. The first kappa shape index (κ1) is 22.4. The van der Waals surface area contributed by atoms with Gasteiger partial charge in [0.05, 0.1) is 19.7 Å². The quantitative estimate of drug-likeness (QED) is 0.523. The number of anilines is 1. The topological polar surface area (TPSA) is 63.9 Å². The van der Waals surface area contributed by atoms with Crippen molar-refractivity contribution in [3.63, 3.8) is 0 Å². The van der Waals surface area contributed by atoms with Gasteiger partial charge in [-0.25, -0.2) is 8.78 Å². The number of benzene rings is 2. The van der Waals surface area contributed by atoms with E-state index in [2.05, 4.69) is 15.1 Å². The minimum absolute atomic E-state index is 0.0511. The monoisotopic (exact) mass is 482 g/mol. The van der Waals surface area contributed by atoms with E-state index >= 15 is 0 Å². The van der Waals surface area contributed by atoms with Crippen LogP contribution in [0, 0.1) is 11.6 Å². The van der Waals surface area contributed by atoms with Crippen molar-refractivity contribution in [1.29, 1.82) is 0 Å². The van der Waals surface area contributed by atoms with Crippen molar-refractivity contribution in [2.45, 2.75) is 43.4 Å². The van der Waals surface area contributed by atoms with E-state index in [9.17, 15) is 8.78 Å². The summed E-state index contributed by atoms with van der Waals surface area (Å²) in [6, 6.07) is 12.8. The zero-order valence-electron chi connectivity index (χ0n) is 19.4.